The summed E-state index contributed by atoms with van der Waals surface area (Å²) >= 11 is 0. The fraction of sp³-hybridized carbons (Fsp3) is 0.245. The number of fused-ring (bicyclic) bond motifs is 3. The zero-order valence-electron chi connectivity index (χ0n) is 36.7. The highest BCUT2D eigenvalue weighted by molar-refractivity contribution is 7.72. The Morgan fingerprint density at radius 3 is 1.03 bits per heavy atom. The molecule has 1 amide bonds. The van der Waals surface area contributed by atoms with E-state index in [1.165, 1.54) is 24.3 Å². The number of aromatic nitrogens is 1. The minimum atomic E-state index is -5.21. The first-order chi connectivity index (χ1) is 32.5. The number of alkyl halides is 12. The van der Waals surface area contributed by atoms with Crippen LogP contribution in [-0.4, -0.2) is 37.0 Å². The van der Waals surface area contributed by atoms with Crippen LogP contribution in [0.3, 0.4) is 0 Å². The van der Waals surface area contributed by atoms with Crippen molar-refractivity contribution >= 4 is 46.5 Å². The molecule has 0 aliphatic rings. The maximum absolute atomic E-state index is 15.5. The molecule has 0 spiro atoms. The Balaban J connectivity index is 1.56. The van der Waals surface area contributed by atoms with Crippen molar-refractivity contribution in [3.8, 4) is 45.3 Å². The first-order valence-electron chi connectivity index (χ1n) is 21.0. The Morgan fingerprint density at radius 2 is 0.754 bits per heavy atom. The van der Waals surface area contributed by atoms with Crippen molar-refractivity contribution in [1.82, 2.24) is 9.65 Å². The molecule has 0 bridgehead atoms. The normalized spacial score (nSPS) is 12.5. The van der Waals surface area contributed by atoms with Crippen molar-refractivity contribution in [1.29, 1.82) is 0 Å². The van der Waals surface area contributed by atoms with Crippen molar-refractivity contribution in [3.05, 3.63) is 131 Å². The molecule has 7 rings (SSSR count). The minimum absolute atomic E-state index is 0.0402. The van der Waals surface area contributed by atoms with Gasteiger partial charge in [0.15, 0.2) is 0 Å². The van der Waals surface area contributed by atoms with E-state index >= 15 is 4.79 Å². The van der Waals surface area contributed by atoms with Crippen LogP contribution >= 0.6 is 8.07 Å². The molecule has 0 atom stereocenters. The summed E-state index contributed by atoms with van der Waals surface area (Å²) < 4.78 is 194. The number of nitrogens with zero attached hydrogens (tertiary/aromatic N) is 1. The second kappa shape index (κ2) is 19.4. The van der Waals surface area contributed by atoms with Gasteiger partial charge in [0.05, 0.1) is 78.4 Å². The second-order valence-electron chi connectivity index (χ2n) is 15.1. The van der Waals surface area contributed by atoms with Crippen LogP contribution in [0.5, 0.6) is 23.0 Å². The molecule has 69 heavy (non-hydrogen) atoms. The number of amides is 1. The molecule has 0 saturated heterocycles. The third-order valence-electron chi connectivity index (χ3n) is 10.6. The van der Waals surface area contributed by atoms with Gasteiger partial charge in [-0.25, -0.2) is 4.79 Å². The first kappa shape index (κ1) is 50.3. The van der Waals surface area contributed by atoms with Crippen LogP contribution in [-0.2, 0) is 24.7 Å². The average Bonchev–Trinajstić information content (AvgIpc) is 3.61. The van der Waals surface area contributed by atoms with Crippen LogP contribution in [0.25, 0.3) is 44.1 Å². The van der Waals surface area contributed by atoms with Crippen molar-refractivity contribution in [2.75, 3.05) is 26.4 Å². The summed E-state index contributed by atoms with van der Waals surface area (Å²) in [7, 11) is -2.33. The molecule has 1 N–H and O–H groups in total. The molecule has 0 aliphatic carbocycles. The highest BCUT2D eigenvalue weighted by atomic mass is 31.1. The summed E-state index contributed by atoms with van der Waals surface area (Å²) in [6.45, 7) is 7.43. The smallest absolute Gasteiger partial charge is 0.416 e. The lowest BCUT2D eigenvalue weighted by Crippen LogP contribution is -2.34. The molecular weight excluding hydrogens is 955 g/mol. The fourth-order valence-corrected chi connectivity index (χ4v) is 9.92. The third kappa shape index (κ3) is 10.5. The van der Waals surface area contributed by atoms with Gasteiger partial charge in [-0.2, -0.15) is 52.7 Å². The average molecular weight is 995 g/mol. The van der Waals surface area contributed by atoms with Gasteiger partial charge in [0.25, 0.3) is 0 Å². The van der Waals surface area contributed by atoms with E-state index in [0.717, 1.165) is 16.7 Å². The topological polar surface area (TPSA) is 71.0 Å². The molecule has 7 aromatic rings. The van der Waals surface area contributed by atoms with Crippen LogP contribution < -0.4 is 34.6 Å². The number of rotatable bonds is 13. The minimum Gasteiger partial charge on any atom is -0.493 e. The molecule has 20 heteroatoms. The van der Waals surface area contributed by atoms with Crippen molar-refractivity contribution in [3.63, 3.8) is 0 Å². The number of carbonyl (C=O) groups excluding carboxylic acids is 1. The van der Waals surface area contributed by atoms with Gasteiger partial charge in [0.2, 0.25) is 0 Å². The number of nitrogens with one attached hydrogen (secondary N) is 1. The van der Waals surface area contributed by atoms with Gasteiger partial charge in [-0.05, 0) is 123 Å². The molecule has 0 aliphatic heterocycles. The lowest BCUT2D eigenvalue weighted by molar-refractivity contribution is -0.144. The van der Waals surface area contributed by atoms with E-state index in [0.29, 0.717) is 34.9 Å². The number of carbonyl (C=O) groups is 1. The molecule has 0 unspecified atom stereocenters. The van der Waals surface area contributed by atoms with Gasteiger partial charge in [-0.15, -0.1) is 0 Å². The Bertz CT molecular complexity index is 2730. The van der Waals surface area contributed by atoms with E-state index in [9.17, 15) is 52.7 Å². The molecular formula is C49H39F12N2O5P. The molecule has 0 fully saturated rings. The standard InChI is InChI=1S/C49H39F12N2O5P/c1-5-65-39-11-9-12-40(66-6-2)43(39)69(44-41(67-7-3)13-10-14-42(44)68-8-4)62-45(64)63-37-23-27(29-19-31(46(50,51)52)25-32(20-29)47(53,54)55)15-17-35(37)36-18-16-28(24-38(36)63)30-21-33(48(56,57)58)26-34(22-30)49(59,60)61/h9-26H,5-8H2,1-4H3,(H,62,64). The summed E-state index contributed by atoms with van der Waals surface area (Å²) in [5.41, 5.74) is -8.21. The van der Waals surface area contributed by atoms with Crippen LogP contribution in [0.1, 0.15) is 49.9 Å². The van der Waals surface area contributed by atoms with Crippen molar-refractivity contribution in [2.24, 2.45) is 0 Å². The molecule has 364 valence electrons. The van der Waals surface area contributed by atoms with Crippen LogP contribution in [0.4, 0.5) is 57.5 Å². The maximum Gasteiger partial charge on any atom is 0.416 e. The summed E-state index contributed by atoms with van der Waals surface area (Å²) in [5, 5.41) is 4.02. The monoisotopic (exact) mass is 994 g/mol. The summed E-state index contributed by atoms with van der Waals surface area (Å²) in [5.74, 6) is 1.02. The first-order valence-corrected chi connectivity index (χ1v) is 22.4. The number of ether oxygens (including phenoxy) is 4. The van der Waals surface area contributed by atoms with Crippen LogP contribution in [0, 0.1) is 0 Å². The van der Waals surface area contributed by atoms with Crippen LogP contribution in [0.2, 0.25) is 0 Å². The molecule has 7 nitrogen and oxygen atoms in total. The zero-order valence-corrected chi connectivity index (χ0v) is 37.6. The van der Waals surface area contributed by atoms with E-state index < -0.39 is 72.2 Å². The van der Waals surface area contributed by atoms with E-state index in [1.807, 2.05) is 0 Å². The SMILES string of the molecule is CCOc1cccc(OCC)c1P(NC(=O)n1c2cc(-c3cc(C(F)(F)F)cc(C(F)(F)F)c3)ccc2c2ccc(-c3cc(C(F)(F)F)cc(C(F)(F)F)c3)cc21)c1c(OCC)cccc1OCC. The highest BCUT2D eigenvalue weighted by Gasteiger charge is 2.39. The van der Waals surface area contributed by atoms with E-state index in [4.69, 9.17) is 18.9 Å². The Kier molecular flexibility index (Phi) is 14.1. The molecule has 1 aromatic heterocycles. The number of hydrogen-bond acceptors (Lipinski definition) is 5. The molecule has 0 saturated carbocycles. The second-order valence-corrected chi connectivity index (χ2v) is 16.9. The van der Waals surface area contributed by atoms with E-state index in [1.54, 1.807) is 64.1 Å². The van der Waals surface area contributed by atoms with Gasteiger partial charge >= 0.3 is 30.7 Å². The Morgan fingerprint density at radius 1 is 0.449 bits per heavy atom. The summed E-state index contributed by atoms with van der Waals surface area (Å²) in [6.07, 6.45) is -20.9. The molecule has 0 radical (unpaired) electrons. The van der Waals surface area contributed by atoms with Crippen LogP contribution in [0.15, 0.2) is 109 Å². The molecule has 6 aromatic carbocycles. The molecule has 1 heterocycles. The number of halogens is 12. The summed E-state index contributed by atoms with van der Waals surface area (Å²) in [6, 6.07) is 18.2. The van der Waals surface area contributed by atoms with E-state index in [2.05, 4.69) is 5.09 Å². The zero-order chi connectivity index (χ0) is 50.2. The van der Waals surface area contributed by atoms with Crippen molar-refractivity contribution in [2.45, 2.75) is 52.4 Å². The van der Waals surface area contributed by atoms with Gasteiger partial charge in [-0.1, -0.05) is 36.4 Å². The van der Waals surface area contributed by atoms with Gasteiger partial charge in [-0.3, -0.25) is 4.57 Å². The van der Waals surface area contributed by atoms with Gasteiger partial charge in [0.1, 0.15) is 23.0 Å². The van der Waals surface area contributed by atoms with Crippen molar-refractivity contribution < 1.29 is 76.4 Å². The number of benzene rings is 6. The predicted octanol–water partition coefficient (Wildman–Crippen LogP) is 14.4. The lowest BCUT2D eigenvalue weighted by atomic mass is 9.97. The number of hydrogen-bond donors (Lipinski definition) is 1. The quantitative estimate of drug-likeness (QED) is 0.0921. The Labute approximate surface area is 387 Å². The van der Waals surface area contributed by atoms with Gasteiger partial charge < -0.3 is 24.0 Å². The fourth-order valence-electron chi connectivity index (χ4n) is 7.74. The van der Waals surface area contributed by atoms with E-state index in [-0.39, 0.29) is 94.5 Å². The largest absolute Gasteiger partial charge is 0.493 e. The Hall–Kier alpha value is -6.62. The lowest BCUT2D eigenvalue weighted by Gasteiger charge is -2.27. The third-order valence-corrected chi connectivity index (χ3v) is 12.8. The van der Waals surface area contributed by atoms with Gasteiger partial charge in [0, 0.05) is 10.8 Å². The highest BCUT2D eigenvalue weighted by Crippen LogP contribution is 2.46. The summed E-state index contributed by atoms with van der Waals surface area (Å²) in [4.78, 5) is 15.5. The maximum atomic E-state index is 15.5. The predicted molar refractivity (Wildman–Crippen MR) is 238 cm³/mol.